The van der Waals surface area contributed by atoms with Crippen LogP contribution in [0.15, 0.2) is 48.2 Å². The first-order chi connectivity index (χ1) is 13.5. The number of ether oxygens (including phenoxy) is 2. The van der Waals surface area contributed by atoms with Crippen molar-refractivity contribution in [1.29, 1.82) is 0 Å². The lowest BCUT2D eigenvalue weighted by Crippen LogP contribution is -2.30. The summed E-state index contributed by atoms with van der Waals surface area (Å²) in [6.07, 6.45) is 2.56. The Balaban J connectivity index is 1.93. The molecular weight excluding hydrogens is 396 g/mol. The van der Waals surface area contributed by atoms with Gasteiger partial charge in [0.2, 0.25) is 0 Å². The zero-order valence-corrected chi connectivity index (χ0v) is 17.3. The molecule has 146 valence electrons. The SMILES string of the molecule is CCCOc1c(Cl)cc(C=C2NC(=S)N(c3ccccc3)C2=O)cc1OCC. The van der Waals surface area contributed by atoms with Crippen LogP contribution in [-0.2, 0) is 4.79 Å². The number of rotatable bonds is 7. The molecule has 1 saturated heterocycles. The molecule has 0 bridgehead atoms. The van der Waals surface area contributed by atoms with Crippen molar-refractivity contribution in [2.75, 3.05) is 18.1 Å². The third kappa shape index (κ3) is 4.29. The molecule has 1 heterocycles. The van der Waals surface area contributed by atoms with Gasteiger partial charge in [-0.05, 0) is 61.5 Å². The van der Waals surface area contributed by atoms with Crippen molar-refractivity contribution >= 4 is 46.6 Å². The number of carbonyl (C=O) groups is 1. The van der Waals surface area contributed by atoms with E-state index in [4.69, 9.17) is 33.3 Å². The van der Waals surface area contributed by atoms with Crippen molar-refractivity contribution < 1.29 is 14.3 Å². The van der Waals surface area contributed by atoms with Gasteiger partial charge in [0.15, 0.2) is 16.6 Å². The van der Waals surface area contributed by atoms with Gasteiger partial charge >= 0.3 is 0 Å². The maximum atomic E-state index is 12.8. The Labute approximate surface area is 174 Å². The van der Waals surface area contributed by atoms with Crippen LogP contribution in [-0.4, -0.2) is 24.2 Å². The van der Waals surface area contributed by atoms with Gasteiger partial charge in [-0.3, -0.25) is 9.69 Å². The summed E-state index contributed by atoms with van der Waals surface area (Å²) in [7, 11) is 0. The van der Waals surface area contributed by atoms with E-state index < -0.39 is 0 Å². The summed E-state index contributed by atoms with van der Waals surface area (Å²) in [6, 6.07) is 12.8. The molecule has 1 N–H and O–H groups in total. The first-order valence-corrected chi connectivity index (χ1v) is 9.85. The molecule has 1 aliphatic rings. The van der Waals surface area contributed by atoms with Crippen molar-refractivity contribution in [3.05, 3.63) is 58.7 Å². The highest BCUT2D eigenvalue weighted by molar-refractivity contribution is 7.80. The third-order valence-corrected chi connectivity index (χ3v) is 4.55. The fourth-order valence-corrected chi connectivity index (χ4v) is 3.36. The number of anilines is 1. The number of para-hydroxylation sites is 1. The maximum absolute atomic E-state index is 12.8. The van der Waals surface area contributed by atoms with E-state index in [0.717, 1.165) is 6.42 Å². The summed E-state index contributed by atoms with van der Waals surface area (Å²) in [6.45, 7) is 4.93. The van der Waals surface area contributed by atoms with E-state index in [2.05, 4.69) is 5.32 Å². The number of thiocarbonyl (C=S) groups is 1. The van der Waals surface area contributed by atoms with E-state index in [1.54, 1.807) is 18.2 Å². The monoisotopic (exact) mass is 416 g/mol. The highest BCUT2D eigenvalue weighted by atomic mass is 35.5. The molecular formula is C21H21ClN2O3S. The van der Waals surface area contributed by atoms with E-state index in [1.165, 1.54) is 4.90 Å². The number of hydrogen-bond acceptors (Lipinski definition) is 4. The van der Waals surface area contributed by atoms with Crippen molar-refractivity contribution in [2.24, 2.45) is 0 Å². The minimum atomic E-state index is -0.225. The van der Waals surface area contributed by atoms with Crippen LogP contribution in [0.1, 0.15) is 25.8 Å². The Morgan fingerprint density at radius 1 is 1.18 bits per heavy atom. The highest BCUT2D eigenvalue weighted by Crippen LogP contribution is 2.37. The van der Waals surface area contributed by atoms with Crippen molar-refractivity contribution in [2.45, 2.75) is 20.3 Å². The Bertz CT molecular complexity index is 915. The molecule has 1 amide bonds. The molecule has 3 rings (SSSR count). The highest BCUT2D eigenvalue weighted by Gasteiger charge is 2.31. The molecule has 0 saturated carbocycles. The van der Waals surface area contributed by atoms with Gasteiger partial charge in [0.25, 0.3) is 5.91 Å². The lowest BCUT2D eigenvalue weighted by molar-refractivity contribution is -0.113. The van der Waals surface area contributed by atoms with Crippen LogP contribution in [0.3, 0.4) is 0 Å². The second-order valence-electron chi connectivity index (χ2n) is 6.08. The van der Waals surface area contributed by atoms with Gasteiger partial charge < -0.3 is 14.8 Å². The predicted molar refractivity (Wildman–Crippen MR) is 116 cm³/mol. The number of hydrogen-bond donors (Lipinski definition) is 1. The molecule has 0 aromatic heterocycles. The van der Waals surface area contributed by atoms with Crippen LogP contribution in [0.5, 0.6) is 11.5 Å². The third-order valence-electron chi connectivity index (χ3n) is 3.99. The molecule has 2 aromatic carbocycles. The largest absolute Gasteiger partial charge is 0.490 e. The molecule has 5 nitrogen and oxygen atoms in total. The van der Waals surface area contributed by atoms with Gasteiger partial charge in [0.05, 0.1) is 23.9 Å². The average molecular weight is 417 g/mol. The summed E-state index contributed by atoms with van der Waals surface area (Å²) in [4.78, 5) is 14.3. The van der Waals surface area contributed by atoms with Gasteiger partial charge in [0, 0.05) is 0 Å². The van der Waals surface area contributed by atoms with E-state index in [0.29, 0.717) is 51.8 Å². The van der Waals surface area contributed by atoms with E-state index in [-0.39, 0.29) is 5.91 Å². The van der Waals surface area contributed by atoms with E-state index in [1.807, 2.05) is 44.2 Å². The fraction of sp³-hybridized carbons (Fsp3) is 0.238. The molecule has 1 fully saturated rings. The van der Waals surface area contributed by atoms with Crippen molar-refractivity contribution in [1.82, 2.24) is 5.32 Å². The Hall–Kier alpha value is -2.57. The first-order valence-electron chi connectivity index (χ1n) is 9.06. The van der Waals surface area contributed by atoms with E-state index >= 15 is 0 Å². The lowest BCUT2D eigenvalue weighted by atomic mass is 10.1. The minimum Gasteiger partial charge on any atom is -0.490 e. The van der Waals surface area contributed by atoms with Crippen LogP contribution in [0.4, 0.5) is 5.69 Å². The molecule has 0 aliphatic carbocycles. The van der Waals surface area contributed by atoms with Gasteiger partial charge in [-0.15, -0.1) is 0 Å². The number of benzene rings is 2. The van der Waals surface area contributed by atoms with Gasteiger partial charge in [-0.2, -0.15) is 0 Å². The molecule has 2 aromatic rings. The Kier molecular flexibility index (Phi) is 6.54. The van der Waals surface area contributed by atoms with Crippen LogP contribution in [0.25, 0.3) is 6.08 Å². The first kappa shape index (κ1) is 20.2. The van der Waals surface area contributed by atoms with Crippen LogP contribution in [0.2, 0.25) is 5.02 Å². The zero-order chi connectivity index (χ0) is 20.1. The minimum absolute atomic E-state index is 0.225. The molecule has 1 aliphatic heterocycles. The fourth-order valence-electron chi connectivity index (χ4n) is 2.79. The second kappa shape index (κ2) is 9.08. The molecule has 0 atom stereocenters. The Morgan fingerprint density at radius 3 is 2.61 bits per heavy atom. The summed E-state index contributed by atoms with van der Waals surface area (Å²) >= 11 is 11.7. The topological polar surface area (TPSA) is 50.8 Å². The van der Waals surface area contributed by atoms with E-state index in [9.17, 15) is 4.79 Å². The number of halogens is 1. The Morgan fingerprint density at radius 2 is 1.93 bits per heavy atom. The molecule has 7 heteroatoms. The summed E-state index contributed by atoms with van der Waals surface area (Å²) in [5, 5.41) is 3.74. The number of nitrogens with zero attached hydrogens (tertiary/aromatic N) is 1. The molecule has 0 spiro atoms. The predicted octanol–water partition coefficient (Wildman–Crippen LogP) is 4.79. The normalized spacial score (nSPS) is 15.1. The molecule has 0 unspecified atom stereocenters. The van der Waals surface area contributed by atoms with Gasteiger partial charge in [-0.25, -0.2) is 0 Å². The van der Waals surface area contributed by atoms with Gasteiger partial charge in [0.1, 0.15) is 5.70 Å². The van der Waals surface area contributed by atoms with Crippen LogP contribution in [0, 0.1) is 0 Å². The summed E-state index contributed by atoms with van der Waals surface area (Å²) in [5.41, 5.74) is 1.80. The summed E-state index contributed by atoms with van der Waals surface area (Å²) < 4.78 is 11.4. The van der Waals surface area contributed by atoms with Crippen LogP contribution < -0.4 is 19.7 Å². The maximum Gasteiger partial charge on any atom is 0.281 e. The number of amides is 1. The zero-order valence-electron chi connectivity index (χ0n) is 15.7. The molecule has 0 radical (unpaired) electrons. The lowest BCUT2D eigenvalue weighted by Gasteiger charge is -2.14. The number of nitrogens with one attached hydrogen (secondary N) is 1. The second-order valence-corrected chi connectivity index (χ2v) is 6.87. The quantitative estimate of drug-likeness (QED) is 0.519. The standard InChI is InChI=1S/C21H21ClN2O3S/c1-3-10-27-19-16(22)11-14(13-18(19)26-4-2)12-17-20(25)24(21(28)23-17)15-8-6-5-7-9-15/h5-9,11-13H,3-4,10H2,1-2H3,(H,23,28). The smallest absolute Gasteiger partial charge is 0.281 e. The average Bonchev–Trinajstić information content (AvgIpc) is 2.95. The number of carbonyl (C=O) groups excluding carboxylic acids is 1. The van der Waals surface area contributed by atoms with Crippen LogP contribution >= 0.6 is 23.8 Å². The van der Waals surface area contributed by atoms with Gasteiger partial charge in [-0.1, -0.05) is 36.7 Å². The van der Waals surface area contributed by atoms with Crippen molar-refractivity contribution in [3.63, 3.8) is 0 Å². The molecule has 28 heavy (non-hydrogen) atoms. The van der Waals surface area contributed by atoms with Crippen molar-refractivity contribution in [3.8, 4) is 11.5 Å². The summed E-state index contributed by atoms with van der Waals surface area (Å²) in [5.74, 6) is 0.833.